The number of thioether (sulfide) groups is 1. The lowest BCUT2D eigenvalue weighted by Gasteiger charge is -2.21. The first-order valence-electron chi connectivity index (χ1n) is 5.49. The second-order valence-corrected chi connectivity index (χ2v) is 5.89. The molecule has 0 fully saturated rings. The Labute approximate surface area is 119 Å². The highest BCUT2D eigenvalue weighted by atomic mass is 79.9. The molecule has 1 amide bonds. The molecule has 4 N–H and O–H groups in total. The number of nitrogen functional groups attached to an aromatic ring is 1. The topological polar surface area (TPSA) is 75.3 Å². The van der Waals surface area contributed by atoms with Crippen molar-refractivity contribution < 1.29 is 9.90 Å². The summed E-state index contributed by atoms with van der Waals surface area (Å²) < 4.78 is 0.700. The highest BCUT2D eigenvalue weighted by Crippen LogP contribution is 2.20. The summed E-state index contributed by atoms with van der Waals surface area (Å²) >= 11 is 4.84. The van der Waals surface area contributed by atoms with Crippen molar-refractivity contribution in [1.29, 1.82) is 0 Å². The number of nitrogens with one attached hydrogen (secondary N) is 1. The number of benzene rings is 1. The van der Waals surface area contributed by atoms with Crippen LogP contribution in [0.5, 0.6) is 0 Å². The molecule has 1 aromatic rings. The highest BCUT2D eigenvalue weighted by Gasteiger charge is 2.19. The molecular formula is C12H17BrN2O2S. The van der Waals surface area contributed by atoms with E-state index < -0.39 is 0 Å². The lowest BCUT2D eigenvalue weighted by Crippen LogP contribution is -2.41. The summed E-state index contributed by atoms with van der Waals surface area (Å²) in [6.45, 7) is 1.90. The largest absolute Gasteiger partial charge is 0.399 e. The molecule has 1 rings (SSSR count). The number of rotatable bonds is 5. The average molecular weight is 333 g/mol. The van der Waals surface area contributed by atoms with Crippen molar-refractivity contribution in [1.82, 2.24) is 5.32 Å². The van der Waals surface area contributed by atoms with Gasteiger partial charge in [-0.05, 0) is 47.3 Å². The van der Waals surface area contributed by atoms with Crippen molar-refractivity contribution in [3.8, 4) is 0 Å². The van der Waals surface area contributed by atoms with Gasteiger partial charge in [0.05, 0.1) is 12.2 Å². The zero-order chi connectivity index (χ0) is 13.7. The highest BCUT2D eigenvalue weighted by molar-refractivity contribution is 9.10. The van der Waals surface area contributed by atoms with Crippen LogP contribution in [0.2, 0.25) is 0 Å². The molecule has 0 aromatic heterocycles. The number of halogens is 1. The van der Waals surface area contributed by atoms with Crippen molar-refractivity contribution in [2.24, 2.45) is 0 Å². The van der Waals surface area contributed by atoms with E-state index in [9.17, 15) is 9.90 Å². The summed E-state index contributed by atoms with van der Waals surface area (Å²) in [5.41, 5.74) is 6.70. The van der Waals surface area contributed by atoms with Gasteiger partial charge in [0.15, 0.2) is 0 Å². The predicted octanol–water partition coefficient (Wildman–Crippen LogP) is 1.87. The Balaban J connectivity index is 2.79. The monoisotopic (exact) mass is 332 g/mol. The van der Waals surface area contributed by atoms with Gasteiger partial charge in [0.2, 0.25) is 0 Å². The van der Waals surface area contributed by atoms with Gasteiger partial charge in [-0.1, -0.05) is 0 Å². The second kappa shape index (κ2) is 7.01. The van der Waals surface area contributed by atoms with Gasteiger partial charge in [-0.3, -0.25) is 4.79 Å². The number of amides is 1. The number of aliphatic hydroxyl groups excluding tert-OH is 1. The van der Waals surface area contributed by atoms with E-state index in [1.54, 1.807) is 18.2 Å². The number of carbonyl (C=O) groups is 1. The van der Waals surface area contributed by atoms with Gasteiger partial charge >= 0.3 is 0 Å². The van der Waals surface area contributed by atoms with E-state index in [0.29, 0.717) is 15.7 Å². The maximum Gasteiger partial charge on any atom is 0.252 e. The fourth-order valence-electron chi connectivity index (χ4n) is 1.53. The molecule has 0 saturated heterocycles. The Kier molecular flexibility index (Phi) is 5.98. The summed E-state index contributed by atoms with van der Waals surface area (Å²) in [5.74, 6) is -0.200. The summed E-state index contributed by atoms with van der Waals surface area (Å²) in [7, 11) is 0. The van der Waals surface area contributed by atoms with Crippen LogP contribution >= 0.6 is 27.7 Å². The van der Waals surface area contributed by atoms with Crippen molar-refractivity contribution in [3.63, 3.8) is 0 Å². The number of carbonyl (C=O) groups excluding carboxylic acids is 1. The third kappa shape index (κ3) is 3.90. The van der Waals surface area contributed by atoms with Crippen LogP contribution in [-0.2, 0) is 0 Å². The number of anilines is 1. The third-order valence-electron chi connectivity index (χ3n) is 2.63. The Morgan fingerprint density at radius 1 is 1.61 bits per heavy atom. The summed E-state index contributed by atoms with van der Waals surface area (Å²) in [6, 6.07) is 4.97. The molecule has 0 radical (unpaired) electrons. The first kappa shape index (κ1) is 15.3. The molecule has 0 bridgehead atoms. The molecule has 0 aliphatic heterocycles. The SMILES string of the molecule is CSC(CO)C(C)NC(=O)c1cc(N)ccc1Br. The summed E-state index contributed by atoms with van der Waals surface area (Å²) in [4.78, 5) is 12.1. The van der Waals surface area contributed by atoms with E-state index in [0.717, 1.165) is 0 Å². The molecule has 0 aliphatic carbocycles. The van der Waals surface area contributed by atoms with Crippen molar-refractivity contribution in [3.05, 3.63) is 28.2 Å². The van der Waals surface area contributed by atoms with E-state index in [1.807, 2.05) is 13.2 Å². The van der Waals surface area contributed by atoms with Crippen molar-refractivity contribution in [2.75, 3.05) is 18.6 Å². The van der Waals surface area contributed by atoms with Gasteiger partial charge in [0.25, 0.3) is 5.91 Å². The van der Waals surface area contributed by atoms with Gasteiger partial charge in [-0.2, -0.15) is 11.8 Å². The molecule has 18 heavy (non-hydrogen) atoms. The van der Waals surface area contributed by atoms with Gasteiger partial charge in [0, 0.05) is 21.5 Å². The van der Waals surface area contributed by atoms with Crippen LogP contribution in [-0.4, -0.2) is 35.2 Å². The van der Waals surface area contributed by atoms with Crippen molar-refractivity contribution in [2.45, 2.75) is 18.2 Å². The third-order valence-corrected chi connectivity index (χ3v) is 4.49. The lowest BCUT2D eigenvalue weighted by atomic mass is 10.1. The minimum absolute atomic E-state index is 0.0196. The Morgan fingerprint density at radius 2 is 2.28 bits per heavy atom. The maximum absolute atomic E-state index is 12.1. The zero-order valence-electron chi connectivity index (χ0n) is 10.3. The van der Waals surface area contributed by atoms with E-state index >= 15 is 0 Å². The number of hydrogen-bond acceptors (Lipinski definition) is 4. The molecule has 4 nitrogen and oxygen atoms in total. The Morgan fingerprint density at radius 3 is 2.83 bits per heavy atom. The van der Waals surface area contributed by atoms with Crippen LogP contribution in [0.25, 0.3) is 0 Å². The molecule has 0 spiro atoms. The lowest BCUT2D eigenvalue weighted by molar-refractivity contribution is 0.0935. The molecule has 0 aliphatic rings. The van der Waals surface area contributed by atoms with Crippen LogP contribution < -0.4 is 11.1 Å². The molecule has 0 heterocycles. The minimum atomic E-state index is -0.200. The van der Waals surface area contributed by atoms with E-state index in [1.165, 1.54) is 11.8 Å². The van der Waals surface area contributed by atoms with Crippen LogP contribution in [0.4, 0.5) is 5.69 Å². The number of hydrogen-bond donors (Lipinski definition) is 3. The first-order valence-corrected chi connectivity index (χ1v) is 7.57. The minimum Gasteiger partial charge on any atom is -0.399 e. The average Bonchev–Trinajstić information content (AvgIpc) is 2.33. The molecule has 100 valence electrons. The second-order valence-electron chi connectivity index (χ2n) is 3.96. The standard InChI is InChI=1S/C12H17BrN2O2S/c1-7(11(6-16)18-2)15-12(17)9-5-8(14)3-4-10(9)13/h3-5,7,11,16H,6,14H2,1-2H3,(H,15,17). The maximum atomic E-state index is 12.1. The molecule has 1 aromatic carbocycles. The van der Waals surface area contributed by atoms with Crippen molar-refractivity contribution >= 4 is 39.3 Å². The smallest absolute Gasteiger partial charge is 0.252 e. The quantitative estimate of drug-likeness (QED) is 0.719. The Bertz CT molecular complexity index is 425. The van der Waals surface area contributed by atoms with Gasteiger partial charge in [0.1, 0.15) is 0 Å². The summed E-state index contributed by atoms with van der Waals surface area (Å²) in [6.07, 6.45) is 1.90. The van der Waals surface area contributed by atoms with Crippen LogP contribution in [0.3, 0.4) is 0 Å². The van der Waals surface area contributed by atoms with Gasteiger partial charge < -0.3 is 16.2 Å². The summed E-state index contributed by atoms with van der Waals surface area (Å²) in [5, 5.41) is 12.0. The predicted molar refractivity (Wildman–Crippen MR) is 79.9 cm³/mol. The van der Waals surface area contributed by atoms with Crippen LogP contribution in [0.15, 0.2) is 22.7 Å². The fourth-order valence-corrected chi connectivity index (χ4v) is 2.58. The molecular weight excluding hydrogens is 316 g/mol. The fraction of sp³-hybridized carbons (Fsp3) is 0.417. The normalized spacial score (nSPS) is 14.0. The number of aliphatic hydroxyl groups is 1. The number of nitrogens with two attached hydrogens (primary N) is 1. The molecule has 0 saturated carbocycles. The Hall–Kier alpha value is -0.720. The van der Waals surface area contributed by atoms with E-state index in [4.69, 9.17) is 5.73 Å². The molecule has 2 atom stereocenters. The van der Waals surface area contributed by atoms with Gasteiger partial charge in [-0.15, -0.1) is 0 Å². The molecule has 6 heteroatoms. The first-order chi connectivity index (χ1) is 8.49. The van der Waals surface area contributed by atoms with Gasteiger partial charge in [-0.25, -0.2) is 0 Å². The van der Waals surface area contributed by atoms with E-state index in [-0.39, 0.29) is 23.8 Å². The van der Waals surface area contributed by atoms with Crippen LogP contribution in [0.1, 0.15) is 17.3 Å². The van der Waals surface area contributed by atoms with Crippen LogP contribution in [0, 0.1) is 0 Å². The molecule has 2 unspecified atom stereocenters. The zero-order valence-corrected chi connectivity index (χ0v) is 12.7. The van der Waals surface area contributed by atoms with E-state index in [2.05, 4.69) is 21.2 Å².